The Balaban J connectivity index is 1.53. The topological polar surface area (TPSA) is 122 Å². The Hall–Kier alpha value is -3.91. The van der Waals surface area contributed by atoms with Gasteiger partial charge in [-0.3, -0.25) is 9.59 Å². The highest BCUT2D eigenvalue weighted by Gasteiger charge is 2.41. The maximum absolute atomic E-state index is 14.1. The summed E-state index contributed by atoms with van der Waals surface area (Å²) in [6, 6.07) is 3.11. The average molecular weight is 549 g/mol. The minimum absolute atomic E-state index is 0.0149. The van der Waals surface area contributed by atoms with Crippen molar-refractivity contribution < 1.29 is 37.3 Å². The van der Waals surface area contributed by atoms with Gasteiger partial charge >= 0.3 is 6.16 Å². The summed E-state index contributed by atoms with van der Waals surface area (Å²) in [5.41, 5.74) is -0.388. The zero-order valence-corrected chi connectivity index (χ0v) is 21.1. The van der Waals surface area contributed by atoms with Gasteiger partial charge in [0, 0.05) is 24.7 Å². The molecule has 1 amide bonds. The maximum Gasteiger partial charge on any atom is 0.510 e. The molecule has 2 aliphatic heterocycles. The van der Waals surface area contributed by atoms with Crippen LogP contribution in [0.3, 0.4) is 0 Å². The van der Waals surface area contributed by atoms with Crippen LogP contribution in [0.25, 0.3) is 10.6 Å². The van der Waals surface area contributed by atoms with Gasteiger partial charge in [0.25, 0.3) is 5.91 Å². The molecule has 0 N–H and O–H groups in total. The fourth-order valence-corrected chi connectivity index (χ4v) is 5.26. The molecular weight excluding hydrogens is 526 g/mol. The Morgan fingerprint density at radius 2 is 2.08 bits per heavy atom. The molecule has 2 aliphatic rings. The number of methoxy groups -OCH3 is 1. The summed E-state index contributed by atoms with van der Waals surface area (Å²) in [6.07, 6.45) is 0.579. The van der Waals surface area contributed by atoms with Crippen molar-refractivity contribution in [1.82, 2.24) is 19.7 Å². The van der Waals surface area contributed by atoms with Crippen LogP contribution in [-0.2, 0) is 27.2 Å². The lowest BCUT2D eigenvalue weighted by Gasteiger charge is -2.44. The number of nitrogens with zero attached hydrogens (tertiary/aromatic N) is 4. The van der Waals surface area contributed by atoms with E-state index in [0.717, 1.165) is 30.6 Å². The molecule has 11 nitrogen and oxygen atoms in total. The molecule has 38 heavy (non-hydrogen) atoms. The number of carbonyl (C=O) groups is 2. The normalized spacial score (nSPS) is 18.5. The lowest BCUT2D eigenvalue weighted by Crippen LogP contribution is -2.57. The van der Waals surface area contributed by atoms with E-state index in [1.54, 1.807) is 9.47 Å². The monoisotopic (exact) mass is 548 g/mol. The van der Waals surface area contributed by atoms with Crippen molar-refractivity contribution in [2.45, 2.75) is 38.6 Å². The van der Waals surface area contributed by atoms with E-state index in [4.69, 9.17) is 14.2 Å². The molecule has 4 heterocycles. The second-order valence-electron chi connectivity index (χ2n) is 8.65. The molecule has 3 aromatic rings. The van der Waals surface area contributed by atoms with Crippen LogP contribution in [-0.4, -0.2) is 64.5 Å². The summed E-state index contributed by atoms with van der Waals surface area (Å²) in [6.45, 7) is 1.92. The van der Waals surface area contributed by atoms with Crippen LogP contribution in [0, 0.1) is 11.6 Å². The van der Waals surface area contributed by atoms with Crippen molar-refractivity contribution in [3.05, 3.63) is 62.5 Å². The van der Waals surface area contributed by atoms with E-state index >= 15 is 0 Å². The van der Waals surface area contributed by atoms with Crippen molar-refractivity contribution in [3.8, 4) is 16.3 Å². The SMILES string of the molecule is COC(=O)OCOc1c2n(cc(-c3nnc(Cc4ccc(F)cc4F)s3)c1=O)C[C@@H]1OCC[C@@H](C)N1C2=O. The fourth-order valence-electron chi connectivity index (χ4n) is 4.39. The Labute approximate surface area is 218 Å². The van der Waals surface area contributed by atoms with E-state index in [1.165, 1.54) is 12.3 Å². The fraction of sp³-hybridized carbons (Fsp3) is 0.375. The molecule has 5 rings (SSSR count). The molecule has 1 aromatic carbocycles. The van der Waals surface area contributed by atoms with Crippen molar-refractivity contribution in [2.24, 2.45) is 0 Å². The number of hydrogen-bond acceptors (Lipinski definition) is 10. The van der Waals surface area contributed by atoms with Gasteiger partial charge in [0.05, 0.1) is 25.8 Å². The van der Waals surface area contributed by atoms with E-state index < -0.39 is 42.1 Å². The number of pyridine rings is 1. The first-order valence-corrected chi connectivity index (χ1v) is 12.4. The first kappa shape index (κ1) is 25.7. The molecule has 1 saturated heterocycles. The van der Waals surface area contributed by atoms with E-state index in [0.29, 0.717) is 18.0 Å². The molecule has 0 saturated carbocycles. The van der Waals surface area contributed by atoms with Crippen LogP contribution in [0.4, 0.5) is 13.6 Å². The first-order valence-electron chi connectivity index (χ1n) is 11.6. The van der Waals surface area contributed by atoms with Gasteiger partial charge < -0.3 is 28.4 Å². The minimum Gasteiger partial charge on any atom is -0.451 e. The van der Waals surface area contributed by atoms with Crippen LogP contribution >= 0.6 is 11.3 Å². The van der Waals surface area contributed by atoms with Gasteiger partial charge in [0.2, 0.25) is 18.0 Å². The lowest BCUT2D eigenvalue weighted by molar-refractivity contribution is -0.112. The number of benzene rings is 1. The average Bonchev–Trinajstić information content (AvgIpc) is 3.35. The van der Waals surface area contributed by atoms with Gasteiger partial charge in [0.15, 0.2) is 16.9 Å². The summed E-state index contributed by atoms with van der Waals surface area (Å²) < 4.78 is 49.4. The number of hydrogen-bond donors (Lipinski definition) is 0. The Morgan fingerprint density at radius 3 is 2.84 bits per heavy atom. The molecule has 1 fully saturated rings. The van der Waals surface area contributed by atoms with Crippen LogP contribution in [0.1, 0.15) is 34.4 Å². The third-order valence-electron chi connectivity index (χ3n) is 6.26. The third-order valence-corrected chi connectivity index (χ3v) is 7.22. The molecule has 0 bridgehead atoms. The minimum atomic E-state index is -1.03. The maximum atomic E-state index is 14.1. The van der Waals surface area contributed by atoms with Gasteiger partial charge in [-0.2, -0.15) is 0 Å². The van der Waals surface area contributed by atoms with Crippen LogP contribution in [0.15, 0.2) is 29.2 Å². The summed E-state index contributed by atoms with van der Waals surface area (Å²) in [7, 11) is 1.12. The second-order valence-corrected chi connectivity index (χ2v) is 9.71. The van der Waals surface area contributed by atoms with Crippen LogP contribution in [0.2, 0.25) is 0 Å². The quantitative estimate of drug-likeness (QED) is 0.338. The van der Waals surface area contributed by atoms with Gasteiger partial charge in [0.1, 0.15) is 16.6 Å². The highest BCUT2D eigenvalue weighted by Crippen LogP contribution is 2.32. The highest BCUT2D eigenvalue weighted by molar-refractivity contribution is 7.14. The number of fused-ring (bicyclic) bond motifs is 2. The first-order chi connectivity index (χ1) is 18.3. The van der Waals surface area contributed by atoms with E-state index in [9.17, 15) is 23.2 Å². The number of halogens is 2. The van der Waals surface area contributed by atoms with E-state index in [2.05, 4.69) is 14.9 Å². The molecule has 0 unspecified atom stereocenters. The number of ether oxygens (including phenoxy) is 4. The third kappa shape index (κ3) is 4.84. The lowest BCUT2D eigenvalue weighted by atomic mass is 10.1. The smallest absolute Gasteiger partial charge is 0.451 e. The molecule has 2 atom stereocenters. The molecule has 14 heteroatoms. The molecular formula is C24H22F2N4O7S. The Kier molecular flexibility index (Phi) is 7.08. The molecule has 0 spiro atoms. The Bertz CT molecular complexity index is 1460. The summed E-state index contributed by atoms with van der Waals surface area (Å²) >= 11 is 1.04. The summed E-state index contributed by atoms with van der Waals surface area (Å²) in [5.74, 6) is -2.20. The number of amides is 1. The zero-order valence-electron chi connectivity index (χ0n) is 20.3. The van der Waals surface area contributed by atoms with Gasteiger partial charge in [-0.25, -0.2) is 13.6 Å². The van der Waals surface area contributed by atoms with Gasteiger partial charge in [-0.05, 0) is 25.0 Å². The van der Waals surface area contributed by atoms with E-state index in [1.807, 2.05) is 6.92 Å². The predicted molar refractivity (Wildman–Crippen MR) is 128 cm³/mol. The number of aromatic nitrogens is 3. The zero-order chi connectivity index (χ0) is 27.0. The largest absolute Gasteiger partial charge is 0.510 e. The molecule has 0 aliphatic carbocycles. The predicted octanol–water partition coefficient (Wildman–Crippen LogP) is 2.95. The van der Waals surface area contributed by atoms with Crippen LogP contribution in [0.5, 0.6) is 5.75 Å². The highest BCUT2D eigenvalue weighted by atomic mass is 32.1. The summed E-state index contributed by atoms with van der Waals surface area (Å²) in [4.78, 5) is 40.0. The van der Waals surface area contributed by atoms with Crippen LogP contribution < -0.4 is 10.2 Å². The summed E-state index contributed by atoms with van der Waals surface area (Å²) in [5, 5.41) is 8.73. The molecule has 200 valence electrons. The number of carbonyl (C=O) groups excluding carboxylic acids is 2. The standard InChI is InChI=1S/C24H22F2N4O7S/c1-12-5-6-35-18-10-29-9-15(22-28-27-17(38-22)7-13-3-4-14(25)8-16(13)26)20(31)21(19(29)23(32)30(12)18)36-11-37-24(33)34-2/h3-4,8-9,12,18H,5-7,10-11H2,1-2H3/t12-,18+/m1/s1. The van der Waals surface area contributed by atoms with Crippen molar-refractivity contribution in [3.63, 3.8) is 0 Å². The van der Waals surface area contributed by atoms with Gasteiger partial charge in [-0.15, -0.1) is 10.2 Å². The second kappa shape index (κ2) is 10.5. The number of rotatable bonds is 6. The molecule has 2 aromatic heterocycles. The van der Waals surface area contributed by atoms with Crippen molar-refractivity contribution in [2.75, 3.05) is 20.5 Å². The Morgan fingerprint density at radius 1 is 1.26 bits per heavy atom. The van der Waals surface area contributed by atoms with Crippen molar-refractivity contribution in [1.29, 1.82) is 0 Å². The van der Waals surface area contributed by atoms with Gasteiger partial charge in [-0.1, -0.05) is 17.4 Å². The van der Waals surface area contributed by atoms with Crippen molar-refractivity contribution >= 4 is 23.4 Å². The van der Waals surface area contributed by atoms with E-state index in [-0.39, 0.29) is 46.6 Å². The molecule has 0 radical (unpaired) electrons.